The zero-order valence-electron chi connectivity index (χ0n) is 11.8. The van der Waals surface area contributed by atoms with Crippen molar-refractivity contribution in [3.05, 3.63) is 34.9 Å². The van der Waals surface area contributed by atoms with Gasteiger partial charge in [0.1, 0.15) is 0 Å². The van der Waals surface area contributed by atoms with Gasteiger partial charge in [-0.25, -0.2) is 0 Å². The average Bonchev–Trinajstić information content (AvgIpc) is 2.70. The Balaban J connectivity index is 1.93. The first kappa shape index (κ1) is 15.8. The van der Waals surface area contributed by atoms with E-state index in [2.05, 4.69) is 4.90 Å². The molecule has 6 heteroatoms. The molecule has 1 heterocycles. The number of aliphatic carboxylic acids is 1. The van der Waals surface area contributed by atoms with Crippen LogP contribution < -0.4 is 0 Å². The molecule has 0 bridgehead atoms. The van der Waals surface area contributed by atoms with Crippen LogP contribution in [0.3, 0.4) is 0 Å². The Hall–Kier alpha value is -1.59. The number of carboxylic acids is 1. The summed E-state index contributed by atoms with van der Waals surface area (Å²) in [7, 11) is 0. The van der Waals surface area contributed by atoms with Gasteiger partial charge in [-0.15, -0.1) is 0 Å². The molecule has 0 atom stereocenters. The van der Waals surface area contributed by atoms with Crippen LogP contribution in [0.1, 0.15) is 23.2 Å². The fourth-order valence-corrected chi connectivity index (χ4v) is 2.65. The Morgan fingerprint density at radius 1 is 1.19 bits per heavy atom. The molecular weight excluding hydrogens is 292 g/mol. The minimum atomic E-state index is -0.786. The Kier molecular flexibility index (Phi) is 5.59. The third-order valence-corrected chi connectivity index (χ3v) is 3.82. The normalized spacial score (nSPS) is 16.5. The smallest absolute Gasteiger partial charge is 0.304 e. The van der Waals surface area contributed by atoms with Crippen molar-refractivity contribution in [1.82, 2.24) is 9.80 Å². The van der Waals surface area contributed by atoms with E-state index in [1.165, 1.54) is 0 Å². The maximum Gasteiger partial charge on any atom is 0.304 e. The Bertz CT molecular complexity index is 521. The number of carboxylic acid groups (broad SMARTS) is 1. The highest BCUT2D eigenvalue weighted by Crippen LogP contribution is 2.14. The lowest BCUT2D eigenvalue weighted by molar-refractivity contribution is -0.137. The number of benzene rings is 1. The number of nitrogens with zero attached hydrogens (tertiary/aromatic N) is 2. The molecule has 1 aliphatic heterocycles. The van der Waals surface area contributed by atoms with Crippen molar-refractivity contribution in [2.24, 2.45) is 0 Å². The maximum atomic E-state index is 12.4. The predicted molar refractivity (Wildman–Crippen MR) is 80.7 cm³/mol. The molecule has 1 saturated heterocycles. The Labute approximate surface area is 129 Å². The first-order valence-corrected chi connectivity index (χ1v) is 7.43. The van der Waals surface area contributed by atoms with E-state index >= 15 is 0 Å². The summed E-state index contributed by atoms with van der Waals surface area (Å²) in [5.41, 5.74) is 0.599. The number of halogens is 1. The standard InChI is InChI=1S/C15H19ClN2O3/c16-13-4-1-3-12(11-13)15(21)18-7-2-6-17(9-10-18)8-5-14(19)20/h1,3-4,11H,2,5-10H2,(H,19,20). The van der Waals surface area contributed by atoms with E-state index < -0.39 is 5.97 Å². The molecule has 0 aliphatic carbocycles. The van der Waals surface area contributed by atoms with Crippen LogP contribution >= 0.6 is 11.6 Å². The minimum absolute atomic E-state index is 0.0161. The molecular formula is C15H19ClN2O3. The highest BCUT2D eigenvalue weighted by atomic mass is 35.5. The van der Waals surface area contributed by atoms with E-state index in [1.54, 1.807) is 24.3 Å². The largest absolute Gasteiger partial charge is 0.481 e. The van der Waals surface area contributed by atoms with Crippen LogP contribution in [0.5, 0.6) is 0 Å². The molecule has 1 N–H and O–H groups in total. The molecule has 1 amide bonds. The molecule has 0 spiro atoms. The number of hydrogen-bond donors (Lipinski definition) is 1. The molecule has 0 unspecified atom stereocenters. The van der Waals surface area contributed by atoms with Gasteiger partial charge in [0, 0.05) is 36.8 Å². The fourth-order valence-electron chi connectivity index (χ4n) is 2.46. The van der Waals surface area contributed by atoms with Crippen molar-refractivity contribution < 1.29 is 14.7 Å². The summed E-state index contributed by atoms with van der Waals surface area (Å²) in [6, 6.07) is 6.96. The third kappa shape index (κ3) is 4.72. The van der Waals surface area contributed by atoms with Gasteiger partial charge < -0.3 is 14.9 Å². The van der Waals surface area contributed by atoms with Crippen molar-refractivity contribution in [3.8, 4) is 0 Å². The van der Waals surface area contributed by atoms with Crippen molar-refractivity contribution in [3.63, 3.8) is 0 Å². The summed E-state index contributed by atoms with van der Waals surface area (Å²) in [4.78, 5) is 27.0. The first-order valence-electron chi connectivity index (χ1n) is 7.05. The van der Waals surface area contributed by atoms with Gasteiger partial charge in [-0.1, -0.05) is 17.7 Å². The highest BCUT2D eigenvalue weighted by Gasteiger charge is 2.20. The van der Waals surface area contributed by atoms with Gasteiger partial charge in [0.2, 0.25) is 0 Å². The first-order chi connectivity index (χ1) is 10.1. The lowest BCUT2D eigenvalue weighted by Gasteiger charge is -2.21. The fraction of sp³-hybridized carbons (Fsp3) is 0.467. The van der Waals surface area contributed by atoms with Crippen molar-refractivity contribution >= 4 is 23.5 Å². The van der Waals surface area contributed by atoms with Gasteiger partial charge in [-0.3, -0.25) is 9.59 Å². The Morgan fingerprint density at radius 3 is 2.71 bits per heavy atom. The SMILES string of the molecule is O=C(O)CCN1CCCN(C(=O)c2cccc(Cl)c2)CC1. The summed E-state index contributed by atoms with van der Waals surface area (Å²) in [6.45, 7) is 3.38. The molecule has 0 radical (unpaired) electrons. The average molecular weight is 311 g/mol. The zero-order chi connectivity index (χ0) is 15.2. The van der Waals surface area contributed by atoms with Gasteiger partial charge in [0.15, 0.2) is 0 Å². The molecule has 2 rings (SSSR count). The highest BCUT2D eigenvalue weighted by molar-refractivity contribution is 6.30. The second-order valence-corrected chi connectivity index (χ2v) is 5.58. The molecule has 1 aromatic carbocycles. The van der Waals surface area contributed by atoms with Crippen molar-refractivity contribution in [2.45, 2.75) is 12.8 Å². The van der Waals surface area contributed by atoms with Crippen molar-refractivity contribution in [1.29, 1.82) is 0 Å². The second kappa shape index (κ2) is 7.43. The summed E-state index contributed by atoms with van der Waals surface area (Å²) in [6.07, 6.45) is 0.994. The van der Waals surface area contributed by atoms with Gasteiger partial charge in [0.05, 0.1) is 6.42 Å². The van der Waals surface area contributed by atoms with Crippen molar-refractivity contribution in [2.75, 3.05) is 32.7 Å². The lowest BCUT2D eigenvalue weighted by atomic mass is 10.2. The second-order valence-electron chi connectivity index (χ2n) is 5.14. The summed E-state index contributed by atoms with van der Waals surface area (Å²) in [5.74, 6) is -0.802. The monoisotopic (exact) mass is 310 g/mol. The van der Waals surface area contributed by atoms with E-state index in [-0.39, 0.29) is 12.3 Å². The molecule has 0 aromatic heterocycles. The molecule has 1 aromatic rings. The van der Waals surface area contributed by atoms with E-state index in [0.29, 0.717) is 36.8 Å². The summed E-state index contributed by atoms with van der Waals surface area (Å²) in [5, 5.41) is 9.28. The number of carbonyl (C=O) groups is 2. The molecule has 114 valence electrons. The molecule has 5 nitrogen and oxygen atoms in total. The number of carbonyl (C=O) groups excluding carboxylic acids is 1. The van der Waals surface area contributed by atoms with Gasteiger partial charge in [-0.05, 0) is 31.2 Å². The molecule has 0 saturated carbocycles. The van der Waals surface area contributed by atoms with Crippen LogP contribution in [-0.2, 0) is 4.79 Å². The van der Waals surface area contributed by atoms with Gasteiger partial charge in [-0.2, -0.15) is 0 Å². The van der Waals surface area contributed by atoms with Crippen LogP contribution in [-0.4, -0.2) is 59.5 Å². The quantitative estimate of drug-likeness (QED) is 0.923. The predicted octanol–water partition coefficient (Wildman–Crippen LogP) is 1.96. The number of amides is 1. The maximum absolute atomic E-state index is 12.4. The van der Waals surface area contributed by atoms with E-state index in [9.17, 15) is 9.59 Å². The Morgan fingerprint density at radius 2 is 2.00 bits per heavy atom. The van der Waals surface area contributed by atoms with Crippen LogP contribution in [0.15, 0.2) is 24.3 Å². The van der Waals surface area contributed by atoms with Crippen LogP contribution in [0.4, 0.5) is 0 Å². The third-order valence-electron chi connectivity index (χ3n) is 3.59. The number of hydrogen-bond acceptors (Lipinski definition) is 3. The van der Waals surface area contributed by atoms with E-state index in [1.807, 2.05) is 4.90 Å². The van der Waals surface area contributed by atoms with Gasteiger partial charge in [0.25, 0.3) is 5.91 Å². The topological polar surface area (TPSA) is 60.9 Å². The molecule has 1 aliphatic rings. The summed E-state index contributed by atoms with van der Waals surface area (Å²) < 4.78 is 0. The molecule has 1 fully saturated rings. The van der Waals surface area contributed by atoms with Gasteiger partial charge >= 0.3 is 5.97 Å². The molecule has 21 heavy (non-hydrogen) atoms. The van der Waals surface area contributed by atoms with E-state index in [0.717, 1.165) is 13.0 Å². The minimum Gasteiger partial charge on any atom is -0.481 e. The number of rotatable bonds is 4. The van der Waals surface area contributed by atoms with Crippen LogP contribution in [0.25, 0.3) is 0 Å². The van der Waals surface area contributed by atoms with E-state index in [4.69, 9.17) is 16.7 Å². The van der Waals surface area contributed by atoms with Crippen LogP contribution in [0.2, 0.25) is 5.02 Å². The van der Waals surface area contributed by atoms with Crippen LogP contribution in [0, 0.1) is 0 Å². The lowest BCUT2D eigenvalue weighted by Crippen LogP contribution is -2.35. The summed E-state index contributed by atoms with van der Waals surface area (Å²) >= 11 is 5.92. The zero-order valence-corrected chi connectivity index (χ0v) is 12.6.